The first kappa shape index (κ1) is 84.4. The Bertz CT molecular complexity index is 3540. The lowest BCUT2D eigenvalue weighted by atomic mass is 9.96. The Morgan fingerprint density at radius 3 is 1.14 bits per heavy atom. The van der Waals surface area contributed by atoms with Crippen LogP contribution in [0, 0.1) is 6.92 Å². The summed E-state index contributed by atoms with van der Waals surface area (Å²) in [7, 11) is 5.66. The van der Waals surface area contributed by atoms with Gasteiger partial charge in [0.1, 0.15) is 23.0 Å². The Morgan fingerprint density at radius 2 is 0.772 bits per heavy atom. The number of amides is 5. The fourth-order valence-corrected chi connectivity index (χ4v) is 10.3. The number of methoxy groups -OCH3 is 4. The minimum Gasteiger partial charge on any atom is -0.496 e. The quantitative estimate of drug-likeness (QED) is 0.0170. The molecule has 0 aliphatic rings. The lowest BCUT2D eigenvalue weighted by Gasteiger charge is -2.21. The number of guanidine groups is 4. The molecule has 4 atom stereocenters. The van der Waals surface area contributed by atoms with E-state index in [1.807, 2.05) is 25.1 Å². The number of rotatable bonds is 45. The van der Waals surface area contributed by atoms with Gasteiger partial charge in [-0.05, 0) is 150 Å². The summed E-state index contributed by atoms with van der Waals surface area (Å²) in [6.07, 6.45) is 5.09. The van der Waals surface area contributed by atoms with Crippen molar-refractivity contribution in [1.82, 2.24) is 26.6 Å². The van der Waals surface area contributed by atoms with E-state index in [1.165, 1.54) is 57.7 Å². The molecule has 0 bridgehead atoms. The number of nitrogens with one attached hydrogen (secondary N) is 5. The number of benzene rings is 4. The molecule has 0 radical (unpaired) electrons. The first-order chi connectivity index (χ1) is 48.2. The van der Waals surface area contributed by atoms with Gasteiger partial charge in [-0.25, -0.2) is 0 Å². The second kappa shape index (κ2) is 45.7. The van der Waals surface area contributed by atoms with Crippen LogP contribution in [0.2, 0.25) is 0 Å². The van der Waals surface area contributed by atoms with E-state index in [2.05, 4.69) is 46.6 Å². The largest absolute Gasteiger partial charge is 0.496 e. The first-order valence-electron chi connectivity index (χ1n) is 33.4. The number of hydrogen-bond acceptors (Lipinski definition) is 18. The van der Waals surface area contributed by atoms with Gasteiger partial charge in [0.2, 0.25) is 5.91 Å². The maximum absolute atomic E-state index is 14.3. The molecule has 0 saturated heterocycles. The molecule has 0 aliphatic carbocycles. The van der Waals surface area contributed by atoms with Crippen LogP contribution in [0.3, 0.4) is 0 Å². The molecule has 0 aliphatic heterocycles. The van der Waals surface area contributed by atoms with Crippen LogP contribution in [0.1, 0.15) is 161 Å². The molecule has 101 heavy (non-hydrogen) atoms. The number of aryl methyl sites for hydroxylation is 1. The number of nitrogens with zero attached hydrogens (tertiary/aromatic N) is 4. The van der Waals surface area contributed by atoms with E-state index in [9.17, 15) is 43.2 Å². The molecular formula is C70H104N18O13. The highest BCUT2D eigenvalue weighted by atomic mass is 16.5. The molecule has 0 heterocycles. The Balaban J connectivity index is 0.00000127. The van der Waals surface area contributed by atoms with E-state index in [1.54, 1.807) is 39.2 Å². The average molecular weight is 1410 g/mol. The van der Waals surface area contributed by atoms with Crippen LogP contribution < -0.4 is 97.1 Å². The van der Waals surface area contributed by atoms with Crippen molar-refractivity contribution in [3.8, 4) is 23.0 Å². The van der Waals surface area contributed by atoms with Crippen molar-refractivity contribution < 1.29 is 62.1 Å². The smallest absolute Gasteiger partial charge is 0.255 e. The Morgan fingerprint density at radius 1 is 0.416 bits per heavy atom. The summed E-state index contributed by atoms with van der Waals surface area (Å²) >= 11 is 0. The summed E-state index contributed by atoms with van der Waals surface area (Å²) in [4.78, 5) is 137. The zero-order chi connectivity index (χ0) is 75.0. The maximum atomic E-state index is 14.3. The highest BCUT2D eigenvalue weighted by Gasteiger charge is 2.29. The summed E-state index contributed by atoms with van der Waals surface area (Å²) < 4.78 is 21.7. The topological polar surface area (TPSA) is 534 Å². The summed E-state index contributed by atoms with van der Waals surface area (Å²) in [5, 5.41) is 14.0. The van der Waals surface area contributed by atoms with Crippen LogP contribution in [-0.2, 0) is 43.2 Å². The molecule has 0 fully saturated rings. The van der Waals surface area contributed by atoms with Crippen LogP contribution >= 0.6 is 0 Å². The molecule has 23 N–H and O–H groups in total. The van der Waals surface area contributed by atoms with E-state index in [0.29, 0.717) is 66.9 Å². The van der Waals surface area contributed by atoms with E-state index in [-0.39, 0.29) is 165 Å². The highest BCUT2D eigenvalue weighted by molar-refractivity contribution is 6.04. The number of carbonyl (C=O) groups excluding carboxylic acids is 9. The number of unbranched alkanes of at least 4 members (excludes halogenated alkanes) is 3. The third kappa shape index (κ3) is 31.3. The number of nitrogens with two attached hydrogens (primary N) is 9. The zero-order valence-corrected chi connectivity index (χ0v) is 59.1. The molecule has 552 valence electrons. The van der Waals surface area contributed by atoms with Crippen LogP contribution in [0.15, 0.2) is 92.8 Å². The number of carbonyl (C=O) groups is 9. The summed E-state index contributed by atoms with van der Waals surface area (Å²) in [6.45, 7) is 7.47. The van der Waals surface area contributed by atoms with Gasteiger partial charge in [0.15, 0.2) is 47.0 Å². The number of hydrogen-bond donors (Lipinski definition) is 14. The molecule has 0 aromatic heterocycles. The van der Waals surface area contributed by atoms with Gasteiger partial charge < -0.3 is 97.1 Å². The molecule has 0 unspecified atom stereocenters. The van der Waals surface area contributed by atoms with Gasteiger partial charge in [-0.15, -0.1) is 0 Å². The van der Waals surface area contributed by atoms with E-state index in [0.717, 1.165) is 24.8 Å². The lowest BCUT2D eigenvalue weighted by molar-refractivity contribution is -0.127. The maximum Gasteiger partial charge on any atom is 0.255 e. The van der Waals surface area contributed by atoms with Crippen molar-refractivity contribution in [2.75, 3.05) is 67.7 Å². The lowest BCUT2D eigenvalue weighted by Crippen LogP contribution is -2.42. The normalized spacial score (nSPS) is 11.8. The van der Waals surface area contributed by atoms with Gasteiger partial charge >= 0.3 is 0 Å². The van der Waals surface area contributed by atoms with Crippen molar-refractivity contribution in [3.63, 3.8) is 0 Å². The van der Waals surface area contributed by atoms with Gasteiger partial charge in [-0.1, -0.05) is 43.2 Å². The van der Waals surface area contributed by atoms with Crippen LogP contribution in [-0.4, -0.2) is 168 Å². The van der Waals surface area contributed by atoms with Gasteiger partial charge in [-0.3, -0.25) is 63.1 Å². The molecular weight excluding hydrogens is 1300 g/mol. The minimum absolute atomic E-state index is 0.0180. The van der Waals surface area contributed by atoms with Crippen molar-refractivity contribution in [2.45, 2.75) is 148 Å². The SMILES string of the molecule is CCC(=O)[C@@H](CCCN=C(N)N)NC(=O)c1cc(CC(=O)[C@@H](CCCN=C(N)N)NC(=O)c2cc(CC(=O)[C@@H](CCCN=C(N)N)NC(=O)c3cc(CC(=O)[C@@H](C)NC(=O)CCCCN=C(N)N)ccc3OC)ccc2OC)ccc1OC.COc1ccc(C)cc1C(=O)NCCCCCN. The predicted octanol–water partition coefficient (Wildman–Crippen LogP) is 1.69. The second-order valence-corrected chi connectivity index (χ2v) is 23.6. The molecule has 0 saturated carbocycles. The summed E-state index contributed by atoms with van der Waals surface area (Å²) in [5.74, 6) is -3.26. The molecule has 31 heteroatoms. The fourth-order valence-electron chi connectivity index (χ4n) is 10.3. The predicted molar refractivity (Wildman–Crippen MR) is 389 cm³/mol. The van der Waals surface area contributed by atoms with Crippen LogP contribution in [0.25, 0.3) is 0 Å². The number of aliphatic imine (C=N–C) groups is 4. The van der Waals surface area contributed by atoms with E-state index < -0.39 is 53.5 Å². The molecule has 0 spiro atoms. The number of ether oxygens (including phenoxy) is 4. The molecule has 4 aromatic carbocycles. The minimum atomic E-state index is -1.13. The van der Waals surface area contributed by atoms with Crippen molar-refractivity contribution >= 4 is 76.5 Å². The third-order valence-corrected chi connectivity index (χ3v) is 15.7. The standard InChI is InChI=1S/C56H82N16O11.C14H22N2O2/c1-6-42(73)39(12-9-23-66-54(59)60)70-50(78)37-27-34(17-20-47(37)82-4)30-44(75)41(14-11-25-68-56(63)64)72-52(80)38-28-35(18-21-48(38)83-5)31-45(76)40(13-10-24-67-55(61)62)71-51(79)36-26-33(16-19-46(36)81-3)29-43(74)32(2)69-49(77)15-7-8-22-65-53(57)58;1-11-6-7-13(18-2)12(10-11)14(17)16-9-5-3-4-8-15/h16-21,26-28,32,39-41H,6-15,22-25,29-31H2,1-5H3,(H,69,77)(H,70,78)(H,71,79)(H,72,80)(H4,57,58,65)(H4,59,60,66)(H4,61,62,67)(H4,63,64,68);6-7,10H,3-5,8-9,15H2,1-2H3,(H,16,17)/t32-,39-,40-,41-;/m1./s1. The van der Waals surface area contributed by atoms with Gasteiger partial charge in [0.25, 0.3) is 23.6 Å². The van der Waals surface area contributed by atoms with Crippen LogP contribution in [0.5, 0.6) is 23.0 Å². The second-order valence-electron chi connectivity index (χ2n) is 23.6. The van der Waals surface area contributed by atoms with E-state index >= 15 is 0 Å². The van der Waals surface area contributed by atoms with Gasteiger partial charge in [0.05, 0.1) is 74.9 Å². The van der Waals surface area contributed by atoms with Crippen LogP contribution in [0.4, 0.5) is 0 Å². The Hall–Kier alpha value is -10.9. The van der Waals surface area contributed by atoms with Crippen molar-refractivity contribution in [3.05, 3.63) is 117 Å². The Kier molecular flexibility index (Phi) is 38.2. The zero-order valence-electron chi connectivity index (χ0n) is 59.1. The van der Waals surface area contributed by atoms with Gasteiger partial charge in [-0.2, -0.15) is 0 Å². The molecule has 4 aromatic rings. The molecule has 4 rings (SSSR count). The summed E-state index contributed by atoms with van der Waals surface area (Å²) in [6, 6.07) is 15.4. The third-order valence-electron chi connectivity index (χ3n) is 15.7. The average Bonchev–Trinajstić information content (AvgIpc) is 0.842. The molecule has 31 nitrogen and oxygen atoms in total. The van der Waals surface area contributed by atoms with Crippen molar-refractivity contribution in [1.29, 1.82) is 0 Å². The Labute approximate surface area is 590 Å². The van der Waals surface area contributed by atoms with Gasteiger partial charge in [0, 0.05) is 64.8 Å². The van der Waals surface area contributed by atoms with Crippen molar-refractivity contribution in [2.24, 2.45) is 71.6 Å². The fraction of sp³-hybridized carbons (Fsp3) is 0.471. The first-order valence-corrected chi connectivity index (χ1v) is 33.4. The number of ketones is 4. The number of Topliss-reactive ketones (excluding diaryl/α,β-unsaturated/α-hetero) is 4. The molecule has 5 amide bonds. The highest BCUT2D eigenvalue weighted by Crippen LogP contribution is 2.26. The van der Waals surface area contributed by atoms with E-state index in [4.69, 9.17) is 70.6 Å². The monoisotopic (exact) mass is 1400 g/mol. The summed E-state index contributed by atoms with van der Waals surface area (Å²) in [5.41, 5.74) is 52.1.